The van der Waals surface area contributed by atoms with E-state index in [-0.39, 0.29) is 12.0 Å². The molecule has 0 saturated carbocycles. The number of benzene rings is 4. The van der Waals surface area contributed by atoms with Gasteiger partial charge in [-0.15, -0.1) is 0 Å². The smallest absolute Gasteiger partial charge is 0.335 e. The van der Waals surface area contributed by atoms with E-state index in [0.29, 0.717) is 26.2 Å². The maximum atomic E-state index is 12.3. The van der Waals surface area contributed by atoms with Crippen LogP contribution >= 0.6 is 0 Å². The highest BCUT2D eigenvalue weighted by Gasteiger charge is 2.27. The molecular formula is C41H49NO4. The highest BCUT2D eigenvalue weighted by atomic mass is 16.6. The minimum absolute atomic E-state index is 0.172. The lowest BCUT2D eigenvalue weighted by atomic mass is 9.91. The van der Waals surface area contributed by atoms with Crippen LogP contribution in [0, 0.1) is 0 Å². The highest BCUT2D eigenvalue weighted by molar-refractivity contribution is 5.75. The Morgan fingerprint density at radius 2 is 1.39 bits per heavy atom. The molecule has 0 aliphatic heterocycles. The maximum absolute atomic E-state index is 12.3. The van der Waals surface area contributed by atoms with Crippen molar-refractivity contribution in [1.29, 1.82) is 0 Å². The molecule has 0 radical (unpaired) electrons. The zero-order chi connectivity index (χ0) is 32.3. The molecule has 0 saturated heterocycles. The Morgan fingerprint density at radius 1 is 0.761 bits per heavy atom. The summed E-state index contributed by atoms with van der Waals surface area (Å²) < 4.78 is 17.1. The zero-order valence-corrected chi connectivity index (χ0v) is 28.0. The molecule has 4 aromatic carbocycles. The standard InChI is InChI=1S/C41H49NO4/c1-5-30-17-23-37-34(27-30)19-20-35-28-32(14-13-31-11-9-8-10-12-31)18-24-38(35)40(37)42(4)25-26-46-36-21-15-33(16-22-36)29-39(44-6-2)41(43)45-7-3/h8-12,15-18,21-24,27-28,39-40H,5-7,13-14,19-20,25-26,29H2,1-4H3. The molecule has 2 atom stereocenters. The quantitative estimate of drug-likeness (QED) is 0.127. The number of carbonyl (C=O) groups is 1. The fraction of sp³-hybridized carbons (Fsp3) is 0.390. The minimum Gasteiger partial charge on any atom is -0.492 e. The molecule has 1 aliphatic carbocycles. The van der Waals surface area contributed by atoms with Gasteiger partial charge in [0.25, 0.3) is 0 Å². The van der Waals surface area contributed by atoms with Crippen LogP contribution in [0.2, 0.25) is 0 Å². The molecule has 4 aromatic rings. The Kier molecular flexibility index (Phi) is 12.0. The van der Waals surface area contributed by atoms with Gasteiger partial charge in [0.1, 0.15) is 12.4 Å². The first kappa shape index (κ1) is 33.4. The van der Waals surface area contributed by atoms with Gasteiger partial charge < -0.3 is 14.2 Å². The first-order chi connectivity index (χ1) is 22.5. The molecule has 0 spiro atoms. The third kappa shape index (κ3) is 8.65. The van der Waals surface area contributed by atoms with Crippen molar-refractivity contribution in [1.82, 2.24) is 4.90 Å². The topological polar surface area (TPSA) is 48.0 Å². The lowest BCUT2D eigenvalue weighted by molar-refractivity contribution is -0.156. The summed E-state index contributed by atoms with van der Waals surface area (Å²) in [5.41, 5.74) is 10.9. The van der Waals surface area contributed by atoms with Crippen LogP contribution in [0.3, 0.4) is 0 Å². The van der Waals surface area contributed by atoms with E-state index >= 15 is 0 Å². The summed E-state index contributed by atoms with van der Waals surface area (Å²) in [6, 6.07) is 33.2. The van der Waals surface area contributed by atoms with Gasteiger partial charge in [-0.1, -0.05) is 85.8 Å². The van der Waals surface area contributed by atoms with Crippen LogP contribution in [0.25, 0.3) is 0 Å². The van der Waals surface area contributed by atoms with Crippen LogP contribution in [-0.4, -0.2) is 50.4 Å². The van der Waals surface area contributed by atoms with Crippen molar-refractivity contribution in [3.8, 4) is 5.75 Å². The molecule has 0 aromatic heterocycles. The molecule has 2 unspecified atom stereocenters. The Hall–Kier alpha value is -3.93. The van der Waals surface area contributed by atoms with Crippen LogP contribution in [0.4, 0.5) is 0 Å². The van der Waals surface area contributed by atoms with Crippen molar-refractivity contribution in [2.45, 2.75) is 71.4 Å². The molecule has 0 N–H and O–H groups in total. The lowest BCUT2D eigenvalue weighted by Gasteiger charge is -2.31. The van der Waals surface area contributed by atoms with E-state index in [2.05, 4.69) is 85.6 Å². The number of rotatable bonds is 15. The highest BCUT2D eigenvalue weighted by Crippen LogP contribution is 2.37. The van der Waals surface area contributed by atoms with Crippen LogP contribution in [0.1, 0.15) is 71.3 Å². The van der Waals surface area contributed by atoms with Gasteiger partial charge in [0.2, 0.25) is 0 Å². The molecule has 0 bridgehead atoms. The van der Waals surface area contributed by atoms with E-state index in [0.717, 1.165) is 50.0 Å². The van der Waals surface area contributed by atoms with E-state index in [4.69, 9.17) is 14.2 Å². The third-order valence-corrected chi connectivity index (χ3v) is 9.04. The van der Waals surface area contributed by atoms with Crippen LogP contribution < -0.4 is 4.74 Å². The van der Waals surface area contributed by atoms with E-state index in [1.165, 1.54) is 38.9 Å². The lowest BCUT2D eigenvalue weighted by Crippen LogP contribution is -2.30. The summed E-state index contributed by atoms with van der Waals surface area (Å²) in [4.78, 5) is 14.7. The average molecular weight is 620 g/mol. The fourth-order valence-electron chi connectivity index (χ4n) is 6.52. The molecule has 1 aliphatic rings. The second-order valence-corrected chi connectivity index (χ2v) is 12.2. The van der Waals surface area contributed by atoms with E-state index < -0.39 is 6.10 Å². The normalized spacial score (nSPS) is 14.7. The Balaban J connectivity index is 1.27. The number of esters is 1. The van der Waals surface area contributed by atoms with Gasteiger partial charge in [0.15, 0.2) is 6.10 Å². The summed E-state index contributed by atoms with van der Waals surface area (Å²) >= 11 is 0. The Bertz CT molecular complexity index is 1550. The fourth-order valence-corrected chi connectivity index (χ4v) is 6.52. The largest absolute Gasteiger partial charge is 0.492 e. The third-order valence-electron chi connectivity index (χ3n) is 9.04. The van der Waals surface area contributed by atoms with Gasteiger partial charge in [-0.3, -0.25) is 4.90 Å². The molecule has 46 heavy (non-hydrogen) atoms. The maximum Gasteiger partial charge on any atom is 0.335 e. The van der Waals surface area contributed by atoms with Crippen molar-refractivity contribution in [2.24, 2.45) is 0 Å². The number of carbonyl (C=O) groups excluding carboxylic acids is 1. The van der Waals surface area contributed by atoms with E-state index in [1.807, 2.05) is 38.1 Å². The van der Waals surface area contributed by atoms with Crippen LogP contribution in [0.5, 0.6) is 5.75 Å². The number of hydrogen-bond acceptors (Lipinski definition) is 5. The summed E-state index contributed by atoms with van der Waals surface area (Å²) in [6.07, 6.45) is 5.15. The monoisotopic (exact) mass is 619 g/mol. The number of likely N-dealkylation sites (N-methyl/N-ethyl adjacent to an activating group) is 1. The zero-order valence-electron chi connectivity index (χ0n) is 28.0. The van der Waals surface area contributed by atoms with E-state index in [9.17, 15) is 4.79 Å². The van der Waals surface area contributed by atoms with Gasteiger partial charge in [-0.25, -0.2) is 4.79 Å². The first-order valence-corrected chi connectivity index (χ1v) is 17.0. The van der Waals surface area contributed by atoms with Crippen molar-refractivity contribution < 1.29 is 19.0 Å². The predicted molar refractivity (Wildman–Crippen MR) is 186 cm³/mol. The van der Waals surface area contributed by atoms with Crippen LogP contribution in [-0.2, 0) is 52.8 Å². The van der Waals surface area contributed by atoms with Gasteiger partial charge in [-0.05, 0) is 110 Å². The molecule has 0 amide bonds. The molecule has 0 fully saturated rings. The molecular weight excluding hydrogens is 570 g/mol. The number of ether oxygens (including phenoxy) is 3. The van der Waals surface area contributed by atoms with Crippen molar-refractivity contribution in [3.05, 3.63) is 136 Å². The Labute approximate surface area is 275 Å². The molecule has 5 nitrogen and oxygen atoms in total. The predicted octanol–water partition coefficient (Wildman–Crippen LogP) is 7.74. The number of nitrogens with zero attached hydrogens (tertiary/aromatic N) is 1. The van der Waals surface area contributed by atoms with Gasteiger partial charge in [0, 0.05) is 19.6 Å². The van der Waals surface area contributed by atoms with Crippen molar-refractivity contribution in [2.75, 3.05) is 33.4 Å². The number of aryl methyl sites for hydroxylation is 5. The van der Waals surface area contributed by atoms with Crippen molar-refractivity contribution >= 4 is 5.97 Å². The molecule has 0 heterocycles. The summed E-state index contributed by atoms with van der Waals surface area (Å²) in [7, 11) is 2.22. The first-order valence-electron chi connectivity index (χ1n) is 17.0. The molecule has 5 heteroatoms. The van der Waals surface area contributed by atoms with Gasteiger partial charge in [-0.2, -0.15) is 0 Å². The van der Waals surface area contributed by atoms with Gasteiger partial charge in [0.05, 0.1) is 12.6 Å². The average Bonchev–Trinajstić information content (AvgIpc) is 3.24. The summed E-state index contributed by atoms with van der Waals surface area (Å²) in [5, 5.41) is 0. The SMILES string of the molecule is CCOC(=O)C(Cc1ccc(OCCN(C)C2c3ccc(CC)cc3CCc3cc(CCc4ccccc4)ccc32)cc1)OCC. The van der Waals surface area contributed by atoms with Crippen molar-refractivity contribution in [3.63, 3.8) is 0 Å². The molecule has 242 valence electrons. The summed E-state index contributed by atoms with van der Waals surface area (Å²) in [5.74, 6) is 0.502. The van der Waals surface area contributed by atoms with E-state index in [1.54, 1.807) is 0 Å². The second-order valence-electron chi connectivity index (χ2n) is 12.2. The van der Waals surface area contributed by atoms with Gasteiger partial charge >= 0.3 is 5.97 Å². The van der Waals surface area contributed by atoms with Crippen LogP contribution in [0.15, 0.2) is 91.0 Å². The molecule has 5 rings (SSSR count). The summed E-state index contributed by atoms with van der Waals surface area (Å²) in [6.45, 7) is 8.09. The number of hydrogen-bond donors (Lipinski definition) is 0. The number of fused-ring (bicyclic) bond motifs is 2. The second kappa shape index (κ2) is 16.6. The minimum atomic E-state index is -0.593. The Morgan fingerprint density at radius 3 is 2.04 bits per heavy atom.